The number of imide groups is 1. The molecule has 1 saturated heterocycles. The minimum atomic E-state index is -0.191. The molecule has 6 atom stereocenters. The second-order valence-electron chi connectivity index (χ2n) is 6.94. The van der Waals surface area contributed by atoms with Crippen LogP contribution in [0.5, 0.6) is 0 Å². The van der Waals surface area contributed by atoms with Crippen molar-refractivity contribution in [3.63, 3.8) is 0 Å². The van der Waals surface area contributed by atoms with Crippen LogP contribution in [0, 0.1) is 35.5 Å². The number of nitrogens with zero attached hydrogens (tertiary/aromatic N) is 2. The molecule has 2 saturated carbocycles. The van der Waals surface area contributed by atoms with Crippen LogP contribution in [0.1, 0.15) is 12.0 Å². The fraction of sp³-hybridized carbons (Fsp3) is 0.389. The maximum atomic E-state index is 12.7. The molecule has 5 aliphatic rings. The third-order valence-corrected chi connectivity index (χ3v) is 6.08. The normalized spacial score (nSPS) is 40.0. The van der Waals surface area contributed by atoms with E-state index in [1.54, 1.807) is 18.3 Å². The first-order valence-corrected chi connectivity index (χ1v) is 8.38. The lowest BCUT2D eigenvalue weighted by Crippen LogP contribution is -2.40. The molecule has 3 fully saturated rings. The van der Waals surface area contributed by atoms with Crippen LogP contribution in [0.3, 0.4) is 0 Å². The summed E-state index contributed by atoms with van der Waals surface area (Å²) in [5.74, 6) is 1.06. The Bertz CT molecular complexity index is 734. The molecule has 2 amide bonds. The Kier molecular flexibility index (Phi) is 2.66. The molecule has 2 bridgehead atoms. The first-order chi connectivity index (χ1) is 11.1. The Morgan fingerprint density at radius 3 is 2.13 bits per heavy atom. The minimum absolute atomic E-state index is 0.130. The van der Waals surface area contributed by atoms with E-state index in [4.69, 9.17) is 11.6 Å². The highest BCUT2D eigenvalue weighted by atomic mass is 35.5. The van der Waals surface area contributed by atoms with Gasteiger partial charge in [-0.25, -0.2) is 0 Å². The van der Waals surface area contributed by atoms with Gasteiger partial charge < -0.3 is 0 Å². The van der Waals surface area contributed by atoms with Crippen LogP contribution >= 0.6 is 11.6 Å². The summed E-state index contributed by atoms with van der Waals surface area (Å²) in [5, 5.41) is 5.93. The number of allylic oxidation sites excluding steroid dienone is 2. The molecule has 23 heavy (non-hydrogen) atoms. The van der Waals surface area contributed by atoms with Gasteiger partial charge in [0.2, 0.25) is 0 Å². The highest BCUT2D eigenvalue weighted by molar-refractivity contribution is 6.30. The van der Waals surface area contributed by atoms with Crippen molar-refractivity contribution in [1.82, 2.24) is 5.01 Å². The SMILES string of the molecule is O=C1[C@@H]2[C@H]3C=C[C@@H]([C@@H]4C[C@@H]34)[C@@H]2C(=O)N1N=Cc1ccc(Cl)cc1. The topological polar surface area (TPSA) is 49.7 Å². The Morgan fingerprint density at radius 1 is 1.00 bits per heavy atom. The van der Waals surface area contributed by atoms with Crippen molar-refractivity contribution in [3.05, 3.63) is 47.0 Å². The second-order valence-corrected chi connectivity index (χ2v) is 7.38. The van der Waals surface area contributed by atoms with E-state index in [1.165, 1.54) is 6.42 Å². The maximum Gasteiger partial charge on any atom is 0.254 e. The maximum absolute atomic E-state index is 12.7. The summed E-state index contributed by atoms with van der Waals surface area (Å²) in [4.78, 5) is 25.4. The molecule has 1 aromatic carbocycles. The van der Waals surface area contributed by atoms with Gasteiger partial charge in [-0.05, 0) is 47.8 Å². The Labute approximate surface area is 138 Å². The molecule has 1 aromatic rings. The van der Waals surface area contributed by atoms with Gasteiger partial charge in [0.05, 0.1) is 18.1 Å². The van der Waals surface area contributed by atoms with E-state index in [0.29, 0.717) is 16.9 Å². The number of benzene rings is 1. The van der Waals surface area contributed by atoms with Crippen molar-refractivity contribution in [2.45, 2.75) is 6.42 Å². The molecule has 0 N–H and O–H groups in total. The Morgan fingerprint density at radius 2 is 1.57 bits per heavy atom. The highest BCUT2D eigenvalue weighted by Gasteiger charge is 2.67. The second kappa shape index (κ2) is 4.54. The molecule has 4 aliphatic carbocycles. The van der Waals surface area contributed by atoms with E-state index >= 15 is 0 Å². The molecule has 6 rings (SSSR count). The zero-order valence-electron chi connectivity index (χ0n) is 12.3. The van der Waals surface area contributed by atoms with Crippen molar-refractivity contribution < 1.29 is 9.59 Å². The molecular formula is C18H15ClN2O2. The summed E-state index contributed by atoms with van der Waals surface area (Å²) in [5.41, 5.74) is 0.814. The molecule has 0 radical (unpaired) electrons. The summed E-state index contributed by atoms with van der Waals surface area (Å²) < 4.78 is 0. The lowest BCUT2D eigenvalue weighted by Gasteiger charge is -2.37. The van der Waals surface area contributed by atoms with Crippen LogP contribution in [0.4, 0.5) is 0 Å². The number of rotatable bonds is 2. The average Bonchev–Trinajstić information content (AvgIpc) is 3.33. The van der Waals surface area contributed by atoms with Crippen molar-refractivity contribution in [3.8, 4) is 0 Å². The van der Waals surface area contributed by atoms with Crippen LogP contribution < -0.4 is 0 Å². The van der Waals surface area contributed by atoms with Gasteiger partial charge in [-0.1, -0.05) is 35.9 Å². The zero-order valence-corrected chi connectivity index (χ0v) is 13.1. The van der Waals surface area contributed by atoms with Gasteiger partial charge in [0.15, 0.2) is 0 Å². The summed E-state index contributed by atoms with van der Waals surface area (Å²) >= 11 is 5.85. The van der Waals surface area contributed by atoms with Gasteiger partial charge >= 0.3 is 0 Å². The number of halogens is 1. The first-order valence-electron chi connectivity index (χ1n) is 8.01. The van der Waals surface area contributed by atoms with Crippen LogP contribution in [0.2, 0.25) is 5.02 Å². The number of hydrogen-bond donors (Lipinski definition) is 0. The molecule has 0 spiro atoms. The van der Waals surface area contributed by atoms with E-state index < -0.39 is 0 Å². The zero-order chi connectivity index (χ0) is 15.7. The van der Waals surface area contributed by atoms with Crippen LogP contribution in [-0.4, -0.2) is 23.0 Å². The van der Waals surface area contributed by atoms with Crippen molar-refractivity contribution in [2.24, 2.45) is 40.6 Å². The molecule has 0 unspecified atom stereocenters. The molecule has 116 valence electrons. The summed E-state index contributed by atoms with van der Waals surface area (Å²) in [6.45, 7) is 0. The van der Waals surface area contributed by atoms with Crippen LogP contribution in [0.25, 0.3) is 0 Å². The van der Waals surface area contributed by atoms with Crippen molar-refractivity contribution >= 4 is 29.6 Å². The standard InChI is InChI=1S/C18H15ClN2O2/c19-10-3-1-9(2-4-10)8-20-21-17(22)15-11-5-6-12(14-7-13(11)14)16(15)18(21)23/h1-6,8,11-16H,7H2/t11-,12-,13-,14-,15-,16+/m0/s1. The summed E-state index contributed by atoms with van der Waals surface area (Å²) in [6.07, 6.45) is 7.05. The predicted octanol–water partition coefficient (Wildman–Crippen LogP) is 2.73. The largest absolute Gasteiger partial charge is 0.272 e. The number of hydrazone groups is 1. The number of carbonyl (C=O) groups is 2. The molecule has 5 heteroatoms. The van der Waals surface area contributed by atoms with Gasteiger partial charge in [0.1, 0.15) is 0 Å². The number of hydrogen-bond acceptors (Lipinski definition) is 3. The monoisotopic (exact) mass is 326 g/mol. The van der Waals surface area contributed by atoms with Gasteiger partial charge in [-0.15, -0.1) is 0 Å². The minimum Gasteiger partial charge on any atom is -0.272 e. The first kappa shape index (κ1) is 13.5. The fourth-order valence-electron chi connectivity index (χ4n) is 4.73. The Balaban J connectivity index is 1.44. The molecule has 4 nitrogen and oxygen atoms in total. The third kappa shape index (κ3) is 1.81. The summed E-state index contributed by atoms with van der Waals surface area (Å²) in [6, 6.07) is 7.14. The molecule has 1 aliphatic heterocycles. The summed E-state index contributed by atoms with van der Waals surface area (Å²) in [7, 11) is 0. The molecule has 0 aromatic heterocycles. The molecule has 1 heterocycles. The van der Waals surface area contributed by atoms with E-state index in [-0.39, 0.29) is 35.5 Å². The lowest BCUT2D eigenvalue weighted by atomic mass is 9.63. The van der Waals surface area contributed by atoms with Gasteiger partial charge in [-0.2, -0.15) is 10.1 Å². The van der Waals surface area contributed by atoms with E-state index in [9.17, 15) is 9.59 Å². The predicted molar refractivity (Wildman–Crippen MR) is 85.6 cm³/mol. The highest BCUT2D eigenvalue weighted by Crippen LogP contribution is 2.65. The number of carbonyl (C=O) groups excluding carboxylic acids is 2. The number of amides is 2. The third-order valence-electron chi connectivity index (χ3n) is 5.83. The lowest BCUT2D eigenvalue weighted by molar-refractivity contribution is -0.140. The van der Waals surface area contributed by atoms with E-state index in [0.717, 1.165) is 10.6 Å². The molecular weight excluding hydrogens is 312 g/mol. The smallest absolute Gasteiger partial charge is 0.254 e. The van der Waals surface area contributed by atoms with E-state index in [2.05, 4.69) is 17.3 Å². The van der Waals surface area contributed by atoms with Gasteiger partial charge in [0.25, 0.3) is 11.8 Å². The van der Waals surface area contributed by atoms with Crippen LogP contribution in [0.15, 0.2) is 41.5 Å². The van der Waals surface area contributed by atoms with Gasteiger partial charge in [-0.3, -0.25) is 9.59 Å². The van der Waals surface area contributed by atoms with Crippen molar-refractivity contribution in [1.29, 1.82) is 0 Å². The average molecular weight is 327 g/mol. The van der Waals surface area contributed by atoms with Crippen molar-refractivity contribution in [2.75, 3.05) is 0 Å². The van der Waals surface area contributed by atoms with Gasteiger partial charge in [0, 0.05) is 5.02 Å². The Hall–Kier alpha value is -1.94. The van der Waals surface area contributed by atoms with Crippen LogP contribution in [-0.2, 0) is 9.59 Å². The van der Waals surface area contributed by atoms with E-state index in [1.807, 2.05) is 12.1 Å². The fourth-order valence-corrected chi connectivity index (χ4v) is 4.85. The quantitative estimate of drug-likeness (QED) is 0.476.